The van der Waals surface area contributed by atoms with E-state index in [0.29, 0.717) is 5.82 Å². The van der Waals surface area contributed by atoms with Gasteiger partial charge in [-0.2, -0.15) is 0 Å². The van der Waals surface area contributed by atoms with Gasteiger partial charge in [0.2, 0.25) is 5.91 Å². The summed E-state index contributed by atoms with van der Waals surface area (Å²) in [6.07, 6.45) is 1.31. The Balaban J connectivity index is 2.73. The van der Waals surface area contributed by atoms with Gasteiger partial charge >= 0.3 is 7.12 Å². The molecule has 0 saturated heterocycles. The maximum absolute atomic E-state index is 11.6. The van der Waals surface area contributed by atoms with Gasteiger partial charge in [-0.3, -0.25) is 4.79 Å². The molecule has 0 spiro atoms. The number of nitrogens with one attached hydrogen (secondary N) is 1. The molecule has 0 fully saturated rings. The highest BCUT2D eigenvalue weighted by Crippen LogP contribution is 2.15. The highest BCUT2D eigenvalue weighted by molar-refractivity contribution is 6.58. The normalized spacial score (nSPS) is 11.1. The molecule has 6 heteroatoms. The van der Waals surface area contributed by atoms with Gasteiger partial charge in [-0.15, -0.1) is 0 Å². The summed E-state index contributed by atoms with van der Waals surface area (Å²) < 4.78 is 0. The Hall–Kier alpha value is -1.40. The first-order chi connectivity index (χ1) is 7.30. The SMILES string of the molecule is CC(C)(C)C(=O)Nc1ccc(B(O)O)cn1. The van der Waals surface area contributed by atoms with Gasteiger partial charge in [0.15, 0.2) is 0 Å². The Morgan fingerprint density at radius 2 is 2.00 bits per heavy atom. The summed E-state index contributed by atoms with van der Waals surface area (Å²) in [4.78, 5) is 15.5. The van der Waals surface area contributed by atoms with Crippen LogP contribution in [0.15, 0.2) is 18.3 Å². The number of anilines is 1. The van der Waals surface area contributed by atoms with Gasteiger partial charge in [-0.05, 0) is 6.07 Å². The Kier molecular flexibility index (Phi) is 3.67. The highest BCUT2D eigenvalue weighted by Gasteiger charge is 2.21. The first kappa shape index (κ1) is 12.7. The van der Waals surface area contributed by atoms with Crippen molar-refractivity contribution in [1.82, 2.24) is 4.98 Å². The van der Waals surface area contributed by atoms with Crippen molar-refractivity contribution >= 4 is 24.3 Å². The lowest BCUT2D eigenvalue weighted by Crippen LogP contribution is -2.31. The lowest BCUT2D eigenvalue weighted by molar-refractivity contribution is -0.123. The van der Waals surface area contributed by atoms with Crippen LogP contribution in [-0.2, 0) is 4.79 Å². The van der Waals surface area contributed by atoms with Crippen LogP contribution in [0.4, 0.5) is 5.82 Å². The lowest BCUT2D eigenvalue weighted by atomic mass is 9.82. The highest BCUT2D eigenvalue weighted by atomic mass is 16.4. The number of rotatable bonds is 2. The zero-order chi connectivity index (χ0) is 12.3. The number of hydrogen-bond donors (Lipinski definition) is 3. The fourth-order valence-electron chi connectivity index (χ4n) is 0.936. The molecular weight excluding hydrogens is 207 g/mol. The molecule has 0 atom stereocenters. The standard InChI is InChI=1S/C10H15BN2O3/c1-10(2,3)9(14)13-8-5-4-7(6-12-8)11(15)16/h4-6,15-16H,1-3H3,(H,12,13,14). The monoisotopic (exact) mass is 222 g/mol. The summed E-state index contributed by atoms with van der Waals surface area (Å²) in [5, 5.41) is 20.3. The summed E-state index contributed by atoms with van der Waals surface area (Å²) in [6.45, 7) is 5.40. The Labute approximate surface area is 94.7 Å². The third-order valence-corrected chi connectivity index (χ3v) is 2.01. The van der Waals surface area contributed by atoms with Gasteiger partial charge in [-0.25, -0.2) is 4.98 Å². The molecule has 1 amide bonds. The van der Waals surface area contributed by atoms with Crippen LogP contribution in [0.5, 0.6) is 0 Å². The molecule has 5 nitrogen and oxygen atoms in total. The van der Waals surface area contributed by atoms with Gasteiger partial charge in [0, 0.05) is 17.1 Å². The maximum Gasteiger partial charge on any atom is 0.490 e. The fraction of sp³-hybridized carbons (Fsp3) is 0.400. The summed E-state index contributed by atoms with van der Waals surface area (Å²) in [6, 6.07) is 3.02. The number of carbonyl (C=O) groups is 1. The van der Waals surface area contributed by atoms with E-state index in [1.165, 1.54) is 18.3 Å². The van der Waals surface area contributed by atoms with E-state index < -0.39 is 12.5 Å². The smallest absolute Gasteiger partial charge is 0.423 e. The second-order valence-corrected chi connectivity index (χ2v) is 4.55. The first-order valence-electron chi connectivity index (χ1n) is 4.94. The van der Waals surface area contributed by atoms with Gasteiger partial charge in [0.1, 0.15) is 5.82 Å². The average molecular weight is 222 g/mol. The average Bonchev–Trinajstić information content (AvgIpc) is 2.17. The van der Waals surface area contributed by atoms with Crippen molar-refractivity contribution in [2.75, 3.05) is 5.32 Å². The Morgan fingerprint density at radius 1 is 1.38 bits per heavy atom. The van der Waals surface area contributed by atoms with Gasteiger partial charge in [0.05, 0.1) is 0 Å². The number of hydrogen-bond acceptors (Lipinski definition) is 4. The molecule has 0 unspecified atom stereocenters. The third kappa shape index (κ3) is 3.32. The molecule has 1 aromatic heterocycles. The predicted molar refractivity (Wildman–Crippen MR) is 62.1 cm³/mol. The quantitative estimate of drug-likeness (QED) is 0.602. The molecule has 0 aliphatic carbocycles. The molecule has 1 aromatic rings. The van der Waals surface area contributed by atoms with Crippen molar-refractivity contribution in [2.24, 2.45) is 5.41 Å². The molecule has 1 heterocycles. The van der Waals surface area contributed by atoms with Crippen LogP contribution in [0.25, 0.3) is 0 Å². The molecule has 1 rings (SSSR count). The molecule has 0 bridgehead atoms. The minimum absolute atomic E-state index is 0.141. The van der Waals surface area contributed by atoms with Gasteiger partial charge in [0.25, 0.3) is 0 Å². The van der Waals surface area contributed by atoms with E-state index in [0.717, 1.165) is 0 Å². The lowest BCUT2D eigenvalue weighted by Gasteiger charge is -2.17. The van der Waals surface area contributed by atoms with Gasteiger partial charge < -0.3 is 15.4 Å². The molecule has 3 N–H and O–H groups in total. The zero-order valence-corrected chi connectivity index (χ0v) is 9.56. The van der Waals surface area contributed by atoms with Crippen molar-refractivity contribution < 1.29 is 14.8 Å². The molecule has 0 radical (unpaired) electrons. The summed E-state index contributed by atoms with van der Waals surface area (Å²) in [5.74, 6) is 0.252. The summed E-state index contributed by atoms with van der Waals surface area (Å²) in [5.41, 5.74) is -0.203. The van der Waals surface area contributed by atoms with Gasteiger partial charge in [-0.1, -0.05) is 26.8 Å². The Morgan fingerprint density at radius 3 is 2.38 bits per heavy atom. The van der Waals surface area contributed by atoms with E-state index in [4.69, 9.17) is 10.0 Å². The number of amides is 1. The summed E-state index contributed by atoms with van der Waals surface area (Å²) in [7, 11) is -1.54. The van der Waals surface area contributed by atoms with E-state index >= 15 is 0 Å². The van der Waals surface area contributed by atoms with Crippen LogP contribution in [0.2, 0.25) is 0 Å². The number of carbonyl (C=O) groups excluding carboxylic acids is 1. The van der Waals surface area contributed by atoms with E-state index in [9.17, 15) is 4.79 Å². The molecule has 0 aliphatic rings. The van der Waals surface area contributed by atoms with Crippen molar-refractivity contribution in [3.8, 4) is 0 Å². The van der Waals surface area contributed by atoms with Crippen molar-refractivity contribution in [2.45, 2.75) is 20.8 Å². The fourth-order valence-corrected chi connectivity index (χ4v) is 0.936. The number of nitrogens with zero attached hydrogens (tertiary/aromatic N) is 1. The maximum atomic E-state index is 11.6. The molecule has 0 saturated carbocycles. The summed E-state index contributed by atoms with van der Waals surface area (Å²) >= 11 is 0. The topological polar surface area (TPSA) is 82.5 Å². The second-order valence-electron chi connectivity index (χ2n) is 4.55. The molecular formula is C10H15BN2O3. The van der Waals surface area contributed by atoms with E-state index in [-0.39, 0.29) is 11.4 Å². The third-order valence-electron chi connectivity index (χ3n) is 2.01. The van der Waals surface area contributed by atoms with E-state index in [1.54, 1.807) is 20.8 Å². The first-order valence-corrected chi connectivity index (χ1v) is 4.94. The van der Waals surface area contributed by atoms with Crippen LogP contribution >= 0.6 is 0 Å². The van der Waals surface area contributed by atoms with E-state index in [1.807, 2.05) is 0 Å². The van der Waals surface area contributed by atoms with Crippen LogP contribution in [-0.4, -0.2) is 28.1 Å². The number of pyridine rings is 1. The van der Waals surface area contributed by atoms with Crippen LogP contribution in [0, 0.1) is 5.41 Å². The molecule has 86 valence electrons. The van der Waals surface area contributed by atoms with Crippen molar-refractivity contribution in [3.05, 3.63) is 18.3 Å². The van der Waals surface area contributed by atoms with Crippen LogP contribution in [0.3, 0.4) is 0 Å². The number of aromatic nitrogens is 1. The predicted octanol–water partition coefficient (Wildman–Crippen LogP) is -0.254. The van der Waals surface area contributed by atoms with Crippen molar-refractivity contribution in [1.29, 1.82) is 0 Å². The van der Waals surface area contributed by atoms with E-state index in [2.05, 4.69) is 10.3 Å². The molecule has 0 aliphatic heterocycles. The van der Waals surface area contributed by atoms with Crippen LogP contribution in [0.1, 0.15) is 20.8 Å². The molecule has 16 heavy (non-hydrogen) atoms. The minimum atomic E-state index is -1.54. The van der Waals surface area contributed by atoms with Crippen molar-refractivity contribution in [3.63, 3.8) is 0 Å². The zero-order valence-electron chi connectivity index (χ0n) is 9.56. The van der Waals surface area contributed by atoms with Crippen LogP contribution < -0.4 is 10.8 Å². The Bertz CT molecular complexity index is 371. The molecule has 0 aromatic carbocycles. The largest absolute Gasteiger partial charge is 0.490 e. The second kappa shape index (κ2) is 4.63. The minimum Gasteiger partial charge on any atom is -0.423 e.